The molecule has 0 aromatic carbocycles. The molecule has 0 saturated carbocycles. The third-order valence-electron chi connectivity index (χ3n) is 3.59. The van der Waals surface area contributed by atoms with E-state index in [2.05, 4.69) is 12.2 Å². The largest absolute Gasteiger partial charge is 0.389 e. The molecule has 2 N–H and O–H groups in total. The zero-order valence-corrected chi connectivity index (χ0v) is 13.3. The highest BCUT2D eigenvalue weighted by molar-refractivity contribution is 5.76. The highest BCUT2D eigenvalue weighted by atomic mass is 16.5. The second-order valence-electron chi connectivity index (χ2n) is 5.61. The molecular weight excluding hydrogens is 272 g/mol. The number of carbonyl (C=O) groups excluding carboxylic acids is 1. The van der Waals surface area contributed by atoms with Crippen molar-refractivity contribution in [1.29, 1.82) is 0 Å². The fraction of sp³-hybridized carbons (Fsp3) is 0.933. The molecule has 0 radical (unpaired) electrons. The maximum Gasteiger partial charge on any atom is 0.222 e. The molecule has 1 aliphatic rings. The van der Waals surface area contributed by atoms with E-state index in [1.165, 1.54) is 0 Å². The van der Waals surface area contributed by atoms with Crippen molar-refractivity contribution >= 4 is 5.91 Å². The van der Waals surface area contributed by atoms with Gasteiger partial charge in [0.05, 0.1) is 25.9 Å². The van der Waals surface area contributed by atoms with Gasteiger partial charge in [0.25, 0.3) is 0 Å². The topological polar surface area (TPSA) is 71.0 Å². The molecule has 21 heavy (non-hydrogen) atoms. The Labute approximate surface area is 127 Å². The van der Waals surface area contributed by atoms with Crippen molar-refractivity contribution < 1.29 is 19.4 Å². The molecule has 1 amide bonds. The number of aliphatic hydroxyl groups is 1. The van der Waals surface area contributed by atoms with Crippen LogP contribution in [0.15, 0.2) is 0 Å². The van der Waals surface area contributed by atoms with E-state index in [0.29, 0.717) is 39.3 Å². The molecule has 0 bridgehead atoms. The van der Waals surface area contributed by atoms with Crippen molar-refractivity contribution in [2.75, 3.05) is 46.6 Å². The Morgan fingerprint density at radius 1 is 1.38 bits per heavy atom. The first-order valence-corrected chi connectivity index (χ1v) is 7.94. The number of amides is 1. The van der Waals surface area contributed by atoms with Gasteiger partial charge in [0.2, 0.25) is 5.91 Å². The minimum absolute atomic E-state index is 0.194. The summed E-state index contributed by atoms with van der Waals surface area (Å²) in [4.78, 5) is 13.1. The summed E-state index contributed by atoms with van der Waals surface area (Å²) < 4.78 is 10.7. The van der Waals surface area contributed by atoms with E-state index in [-0.39, 0.29) is 11.9 Å². The molecule has 6 nitrogen and oxygen atoms in total. The van der Waals surface area contributed by atoms with Crippen LogP contribution in [0.5, 0.6) is 0 Å². The van der Waals surface area contributed by atoms with Gasteiger partial charge in [-0.25, -0.2) is 0 Å². The second kappa shape index (κ2) is 11.0. The van der Waals surface area contributed by atoms with E-state index in [0.717, 1.165) is 25.9 Å². The lowest BCUT2D eigenvalue weighted by molar-refractivity contribution is -0.132. The fourth-order valence-corrected chi connectivity index (χ4v) is 2.23. The number of likely N-dealkylation sites (tertiary alicyclic amines) is 1. The molecule has 0 aromatic heterocycles. The average molecular weight is 302 g/mol. The van der Waals surface area contributed by atoms with Gasteiger partial charge < -0.3 is 24.8 Å². The van der Waals surface area contributed by atoms with Crippen LogP contribution >= 0.6 is 0 Å². The molecule has 0 aliphatic carbocycles. The van der Waals surface area contributed by atoms with Gasteiger partial charge in [-0.05, 0) is 12.8 Å². The highest BCUT2D eigenvalue weighted by Gasteiger charge is 2.22. The number of aliphatic hydroxyl groups excluding tert-OH is 1. The molecule has 0 spiro atoms. The van der Waals surface area contributed by atoms with Crippen LogP contribution in [0, 0.1) is 0 Å². The van der Waals surface area contributed by atoms with Gasteiger partial charge in [0.15, 0.2) is 0 Å². The first-order chi connectivity index (χ1) is 10.1. The SMILES string of the molecule is CCCCOCCOCC(O)CNC1CCC(=O)N(C)C1. The molecule has 2 atom stereocenters. The predicted octanol–water partition coefficient (Wildman–Crippen LogP) is 0.391. The lowest BCUT2D eigenvalue weighted by atomic mass is 10.1. The zero-order valence-electron chi connectivity index (χ0n) is 13.3. The molecule has 6 heteroatoms. The van der Waals surface area contributed by atoms with E-state index in [9.17, 15) is 9.90 Å². The summed E-state index contributed by atoms with van der Waals surface area (Å²) in [6.07, 6.45) is 3.10. The van der Waals surface area contributed by atoms with Crippen LogP contribution in [0.1, 0.15) is 32.6 Å². The normalized spacial score (nSPS) is 20.8. The van der Waals surface area contributed by atoms with Crippen LogP contribution < -0.4 is 5.32 Å². The van der Waals surface area contributed by atoms with E-state index < -0.39 is 6.10 Å². The number of unbranched alkanes of at least 4 members (excludes halogenated alkanes) is 1. The smallest absolute Gasteiger partial charge is 0.222 e. The summed E-state index contributed by atoms with van der Waals surface area (Å²) >= 11 is 0. The molecule has 1 heterocycles. The summed E-state index contributed by atoms with van der Waals surface area (Å²) in [5, 5.41) is 13.1. The van der Waals surface area contributed by atoms with Crippen LogP contribution in [0.25, 0.3) is 0 Å². The van der Waals surface area contributed by atoms with Gasteiger partial charge in [-0.1, -0.05) is 13.3 Å². The summed E-state index contributed by atoms with van der Waals surface area (Å²) in [5.74, 6) is 0.194. The highest BCUT2D eigenvalue weighted by Crippen LogP contribution is 2.09. The average Bonchev–Trinajstić information content (AvgIpc) is 2.47. The maximum absolute atomic E-state index is 11.4. The summed E-state index contributed by atoms with van der Waals surface area (Å²) in [7, 11) is 1.81. The summed E-state index contributed by atoms with van der Waals surface area (Å²) in [5.41, 5.74) is 0. The molecule has 1 rings (SSSR count). The van der Waals surface area contributed by atoms with E-state index >= 15 is 0 Å². The third kappa shape index (κ3) is 8.36. The van der Waals surface area contributed by atoms with E-state index in [1.807, 2.05) is 7.05 Å². The number of likely N-dealkylation sites (N-methyl/N-ethyl adjacent to an activating group) is 1. The number of piperidine rings is 1. The van der Waals surface area contributed by atoms with Gasteiger partial charge in [0.1, 0.15) is 0 Å². The van der Waals surface area contributed by atoms with Crippen LogP contribution in [-0.4, -0.2) is 74.6 Å². The minimum Gasteiger partial charge on any atom is -0.389 e. The standard InChI is InChI=1S/C15H30N2O4/c1-3-4-7-20-8-9-21-12-14(18)10-16-13-5-6-15(19)17(2)11-13/h13-14,16,18H,3-12H2,1-2H3. The minimum atomic E-state index is -0.524. The molecule has 0 aromatic rings. The lowest BCUT2D eigenvalue weighted by Crippen LogP contribution is -2.48. The molecule has 1 fully saturated rings. The summed E-state index contributed by atoms with van der Waals surface area (Å²) in [6, 6.07) is 0.264. The molecule has 2 unspecified atom stereocenters. The number of hydrogen-bond acceptors (Lipinski definition) is 5. The van der Waals surface area contributed by atoms with Crippen LogP contribution in [0.4, 0.5) is 0 Å². The Hall–Kier alpha value is -0.690. The number of rotatable bonds is 11. The second-order valence-corrected chi connectivity index (χ2v) is 5.61. The van der Waals surface area contributed by atoms with Crippen LogP contribution in [0.3, 0.4) is 0 Å². The fourth-order valence-electron chi connectivity index (χ4n) is 2.23. The molecule has 1 aliphatic heterocycles. The number of nitrogens with zero attached hydrogens (tertiary/aromatic N) is 1. The Morgan fingerprint density at radius 3 is 2.86 bits per heavy atom. The first-order valence-electron chi connectivity index (χ1n) is 7.94. The van der Waals surface area contributed by atoms with E-state index in [1.54, 1.807) is 4.90 Å². The number of ether oxygens (including phenoxy) is 2. The Bertz CT molecular complexity index is 289. The van der Waals surface area contributed by atoms with Crippen LogP contribution in [-0.2, 0) is 14.3 Å². The van der Waals surface area contributed by atoms with Gasteiger partial charge in [0, 0.05) is 39.2 Å². The number of hydrogen-bond donors (Lipinski definition) is 2. The van der Waals surface area contributed by atoms with Crippen molar-refractivity contribution in [3.8, 4) is 0 Å². The maximum atomic E-state index is 11.4. The van der Waals surface area contributed by atoms with Gasteiger partial charge in [-0.2, -0.15) is 0 Å². The first kappa shape index (κ1) is 18.4. The van der Waals surface area contributed by atoms with E-state index in [4.69, 9.17) is 9.47 Å². The van der Waals surface area contributed by atoms with Crippen molar-refractivity contribution in [2.45, 2.75) is 44.8 Å². The third-order valence-corrected chi connectivity index (χ3v) is 3.59. The van der Waals surface area contributed by atoms with Crippen molar-refractivity contribution in [2.24, 2.45) is 0 Å². The quantitative estimate of drug-likeness (QED) is 0.540. The number of carbonyl (C=O) groups is 1. The van der Waals surface area contributed by atoms with Crippen LogP contribution in [0.2, 0.25) is 0 Å². The van der Waals surface area contributed by atoms with Crippen molar-refractivity contribution in [3.63, 3.8) is 0 Å². The molecular formula is C15H30N2O4. The zero-order chi connectivity index (χ0) is 15.5. The summed E-state index contributed by atoms with van der Waals surface area (Å²) in [6.45, 7) is 5.50. The van der Waals surface area contributed by atoms with Crippen molar-refractivity contribution in [1.82, 2.24) is 10.2 Å². The Kier molecular flexibility index (Phi) is 9.58. The molecule has 1 saturated heterocycles. The van der Waals surface area contributed by atoms with Gasteiger partial charge >= 0.3 is 0 Å². The van der Waals surface area contributed by atoms with Gasteiger partial charge in [-0.15, -0.1) is 0 Å². The van der Waals surface area contributed by atoms with Gasteiger partial charge in [-0.3, -0.25) is 4.79 Å². The number of nitrogens with one attached hydrogen (secondary N) is 1. The predicted molar refractivity (Wildman–Crippen MR) is 81.2 cm³/mol. The lowest BCUT2D eigenvalue weighted by Gasteiger charge is -2.30. The van der Waals surface area contributed by atoms with Crippen molar-refractivity contribution in [3.05, 3.63) is 0 Å². The monoisotopic (exact) mass is 302 g/mol. The Morgan fingerprint density at radius 2 is 2.14 bits per heavy atom. The Balaban J connectivity index is 1.96. The molecule has 124 valence electrons.